The lowest BCUT2D eigenvalue weighted by molar-refractivity contribution is 0.0425. The van der Waals surface area contributed by atoms with E-state index < -0.39 is 0 Å². The predicted octanol–water partition coefficient (Wildman–Crippen LogP) is 4.96. The quantitative estimate of drug-likeness (QED) is 0.555. The van der Waals surface area contributed by atoms with Gasteiger partial charge in [-0.15, -0.1) is 0 Å². The van der Waals surface area contributed by atoms with E-state index in [1.165, 1.54) is 5.56 Å². The normalized spacial score (nSPS) is 18.6. The Hall–Kier alpha value is -2.70. The molecule has 0 unspecified atom stereocenters. The highest BCUT2D eigenvalue weighted by atomic mass is 32.1. The number of likely N-dealkylation sites (tertiary alicyclic amines) is 2. The van der Waals surface area contributed by atoms with Gasteiger partial charge < -0.3 is 9.64 Å². The van der Waals surface area contributed by atoms with Crippen molar-refractivity contribution in [3.05, 3.63) is 71.7 Å². The molecule has 2 fully saturated rings. The molecule has 5 rings (SSSR count). The summed E-state index contributed by atoms with van der Waals surface area (Å²) in [7, 11) is 0. The number of aromatic nitrogens is 1. The highest BCUT2D eigenvalue weighted by molar-refractivity contribution is 7.11. The van der Waals surface area contributed by atoms with Gasteiger partial charge >= 0.3 is 0 Å². The summed E-state index contributed by atoms with van der Waals surface area (Å²) < 4.78 is 5.99. The van der Waals surface area contributed by atoms with E-state index in [-0.39, 0.29) is 12.0 Å². The minimum atomic E-state index is 0.151. The molecule has 0 radical (unpaired) electrons. The Morgan fingerprint density at radius 1 is 0.875 bits per heavy atom. The lowest BCUT2D eigenvalue weighted by Crippen LogP contribution is -2.50. The zero-order valence-electron chi connectivity index (χ0n) is 18.2. The van der Waals surface area contributed by atoms with Gasteiger partial charge in [0, 0.05) is 49.4 Å². The topological polar surface area (TPSA) is 45.7 Å². The Kier molecular flexibility index (Phi) is 6.51. The number of amides is 1. The van der Waals surface area contributed by atoms with Gasteiger partial charge in [0.25, 0.3) is 11.1 Å². The van der Waals surface area contributed by atoms with Gasteiger partial charge in [0.1, 0.15) is 6.10 Å². The molecule has 166 valence electrons. The van der Waals surface area contributed by atoms with Crippen LogP contribution in [-0.2, 0) is 0 Å². The van der Waals surface area contributed by atoms with E-state index in [0.717, 1.165) is 68.2 Å². The molecule has 2 saturated heterocycles. The predicted molar refractivity (Wildman–Crippen MR) is 128 cm³/mol. The Morgan fingerprint density at radius 3 is 2.22 bits per heavy atom. The van der Waals surface area contributed by atoms with E-state index >= 15 is 0 Å². The van der Waals surface area contributed by atoms with Crippen molar-refractivity contribution < 1.29 is 9.53 Å². The number of hydrogen-bond donors (Lipinski definition) is 0. The highest BCUT2D eigenvalue weighted by Crippen LogP contribution is 2.26. The molecule has 0 atom stereocenters. The minimum absolute atomic E-state index is 0.151. The molecule has 0 spiro atoms. The van der Waals surface area contributed by atoms with Crippen molar-refractivity contribution in [2.24, 2.45) is 0 Å². The first-order chi connectivity index (χ1) is 15.8. The van der Waals surface area contributed by atoms with Crippen LogP contribution in [0.15, 0.2) is 66.2 Å². The van der Waals surface area contributed by atoms with Gasteiger partial charge in [-0.05, 0) is 48.9 Å². The number of benzene rings is 2. The fraction of sp³-hybridized carbons (Fsp3) is 0.385. The zero-order valence-corrected chi connectivity index (χ0v) is 19.0. The molecule has 0 bridgehead atoms. The molecule has 0 N–H and O–H groups in total. The van der Waals surface area contributed by atoms with Crippen molar-refractivity contribution in [3.8, 4) is 16.3 Å². The van der Waals surface area contributed by atoms with Gasteiger partial charge in [0.2, 0.25) is 0 Å². The number of hydrogen-bond acceptors (Lipinski definition) is 5. The van der Waals surface area contributed by atoms with Gasteiger partial charge in [-0.1, -0.05) is 53.8 Å². The third-order valence-electron chi connectivity index (χ3n) is 6.66. The second-order valence-electron chi connectivity index (χ2n) is 8.62. The van der Waals surface area contributed by atoms with E-state index in [4.69, 9.17) is 4.74 Å². The maximum Gasteiger partial charge on any atom is 0.273 e. The molecule has 0 aliphatic carbocycles. The van der Waals surface area contributed by atoms with Crippen LogP contribution in [0, 0.1) is 0 Å². The molecule has 32 heavy (non-hydrogen) atoms. The average molecular weight is 448 g/mol. The first-order valence-corrected chi connectivity index (χ1v) is 12.4. The standard InChI is InChI=1S/C26H29N3O2S/c30-25(22-8-6-21(7-9-22)20-4-2-1-3-5-20)29-15-10-23(11-16-29)28-17-12-24(13-18-28)31-26-27-14-19-32-26/h1-9,14,19,23-24H,10-13,15-18H2. The zero-order chi connectivity index (χ0) is 21.8. The van der Waals surface area contributed by atoms with Crippen molar-refractivity contribution in [1.82, 2.24) is 14.8 Å². The summed E-state index contributed by atoms with van der Waals surface area (Å²) in [6.07, 6.45) is 6.26. The molecule has 1 amide bonds. The van der Waals surface area contributed by atoms with Gasteiger partial charge in [0.05, 0.1) is 0 Å². The van der Waals surface area contributed by atoms with Crippen molar-refractivity contribution in [3.63, 3.8) is 0 Å². The van der Waals surface area contributed by atoms with Crippen molar-refractivity contribution in [1.29, 1.82) is 0 Å². The SMILES string of the molecule is O=C(c1ccc(-c2ccccc2)cc1)N1CCC(N2CCC(Oc3nccs3)CC2)CC1. The summed E-state index contributed by atoms with van der Waals surface area (Å²) in [4.78, 5) is 21.9. The van der Waals surface area contributed by atoms with E-state index in [9.17, 15) is 4.79 Å². The fourth-order valence-electron chi connectivity index (χ4n) is 4.82. The number of carbonyl (C=O) groups excluding carboxylic acids is 1. The van der Waals surface area contributed by atoms with Crippen LogP contribution in [0.5, 0.6) is 5.19 Å². The van der Waals surface area contributed by atoms with E-state index in [0.29, 0.717) is 6.04 Å². The number of piperidine rings is 2. The second-order valence-corrected chi connectivity index (χ2v) is 9.48. The maximum absolute atomic E-state index is 13.0. The van der Waals surface area contributed by atoms with E-state index in [2.05, 4.69) is 22.0 Å². The summed E-state index contributed by atoms with van der Waals surface area (Å²) in [5.41, 5.74) is 3.10. The number of thiazole rings is 1. The third-order valence-corrected chi connectivity index (χ3v) is 7.32. The van der Waals surface area contributed by atoms with Crippen molar-refractivity contribution in [2.75, 3.05) is 26.2 Å². The van der Waals surface area contributed by atoms with Crippen LogP contribution in [0.25, 0.3) is 11.1 Å². The molecule has 1 aromatic heterocycles. The largest absolute Gasteiger partial charge is 0.467 e. The monoisotopic (exact) mass is 447 g/mol. The Bertz CT molecular complexity index is 991. The Balaban J connectivity index is 1.10. The lowest BCUT2D eigenvalue weighted by Gasteiger charge is -2.41. The summed E-state index contributed by atoms with van der Waals surface area (Å²) in [5, 5.41) is 2.74. The molecule has 3 heterocycles. The number of ether oxygens (including phenoxy) is 1. The first kappa shape index (κ1) is 21.2. The van der Waals surface area contributed by atoms with Crippen LogP contribution >= 0.6 is 11.3 Å². The second kappa shape index (κ2) is 9.84. The maximum atomic E-state index is 13.0. The van der Waals surface area contributed by atoms with Gasteiger partial charge in [-0.25, -0.2) is 4.98 Å². The van der Waals surface area contributed by atoms with Crippen molar-refractivity contribution >= 4 is 17.2 Å². The Labute approximate surface area is 193 Å². The molecule has 2 aromatic carbocycles. The first-order valence-electron chi connectivity index (χ1n) is 11.5. The lowest BCUT2D eigenvalue weighted by atomic mass is 9.98. The highest BCUT2D eigenvalue weighted by Gasteiger charge is 2.30. The van der Waals surface area contributed by atoms with Crippen LogP contribution in [0.1, 0.15) is 36.0 Å². The summed E-state index contributed by atoms with van der Waals surface area (Å²) >= 11 is 1.56. The smallest absolute Gasteiger partial charge is 0.273 e. The molecule has 0 saturated carbocycles. The molecule has 2 aliphatic rings. The number of nitrogens with zero attached hydrogens (tertiary/aromatic N) is 3. The molecular formula is C26H29N3O2S. The number of carbonyl (C=O) groups is 1. The third kappa shape index (κ3) is 4.87. The molecule has 6 heteroatoms. The average Bonchev–Trinajstić information content (AvgIpc) is 3.38. The van der Waals surface area contributed by atoms with Gasteiger partial charge in [-0.3, -0.25) is 9.69 Å². The van der Waals surface area contributed by atoms with Crippen LogP contribution in [-0.4, -0.2) is 59.0 Å². The van der Waals surface area contributed by atoms with Gasteiger partial charge in [0.15, 0.2) is 0 Å². The van der Waals surface area contributed by atoms with Crippen LogP contribution in [0.4, 0.5) is 0 Å². The minimum Gasteiger partial charge on any atom is -0.467 e. The van der Waals surface area contributed by atoms with Gasteiger partial charge in [-0.2, -0.15) is 0 Å². The Morgan fingerprint density at radius 2 is 1.56 bits per heavy atom. The summed E-state index contributed by atoms with van der Waals surface area (Å²) in [6.45, 7) is 3.80. The van der Waals surface area contributed by atoms with Crippen LogP contribution < -0.4 is 4.74 Å². The molecule has 5 nitrogen and oxygen atoms in total. The van der Waals surface area contributed by atoms with Crippen LogP contribution in [0.2, 0.25) is 0 Å². The van der Waals surface area contributed by atoms with Crippen LogP contribution in [0.3, 0.4) is 0 Å². The van der Waals surface area contributed by atoms with E-state index in [1.807, 2.05) is 52.7 Å². The molecular weight excluding hydrogens is 418 g/mol. The number of rotatable bonds is 5. The van der Waals surface area contributed by atoms with E-state index in [1.54, 1.807) is 17.5 Å². The molecule has 2 aliphatic heterocycles. The summed E-state index contributed by atoms with van der Waals surface area (Å²) in [5.74, 6) is 0.151. The summed E-state index contributed by atoms with van der Waals surface area (Å²) in [6, 6.07) is 18.9. The fourth-order valence-corrected chi connectivity index (χ4v) is 5.37. The molecule has 3 aromatic rings. The van der Waals surface area contributed by atoms with Crippen molar-refractivity contribution in [2.45, 2.75) is 37.8 Å².